The Labute approximate surface area is 316 Å². The van der Waals surface area contributed by atoms with Crippen LogP contribution in [0.2, 0.25) is 0 Å². The minimum absolute atomic E-state index is 0.119. The lowest BCUT2D eigenvalue weighted by atomic mass is 10.0. The molecule has 0 amide bonds. The summed E-state index contributed by atoms with van der Waals surface area (Å²) in [5, 5.41) is 10.0. The average molecular weight is 717 g/mol. The summed E-state index contributed by atoms with van der Waals surface area (Å²) in [6, 6.07) is 0. The molecule has 0 aliphatic heterocycles. The van der Waals surface area contributed by atoms with Crippen LogP contribution in [0.25, 0.3) is 0 Å². The fourth-order valence-electron chi connectivity index (χ4n) is 6.23. The van der Waals surface area contributed by atoms with Crippen molar-refractivity contribution < 1.29 is 24.2 Å². The number of carbonyl (C=O) groups excluding carboxylic acids is 2. The normalized spacial score (nSPS) is 12.5. The Kier molecular flexibility index (Phi) is 41.0. The van der Waals surface area contributed by atoms with Gasteiger partial charge in [-0.05, 0) is 70.6 Å². The molecule has 5 heteroatoms. The van der Waals surface area contributed by atoms with Crippen molar-refractivity contribution >= 4 is 11.9 Å². The first-order chi connectivity index (χ1) is 25.1. The lowest BCUT2D eigenvalue weighted by Crippen LogP contribution is -2.25. The summed E-state index contributed by atoms with van der Waals surface area (Å²) in [6.45, 7) is 4.28. The highest BCUT2D eigenvalue weighted by Gasteiger charge is 2.12. The molecule has 298 valence electrons. The number of ether oxygens (including phenoxy) is 2. The molecule has 0 spiro atoms. The van der Waals surface area contributed by atoms with Crippen LogP contribution in [0.5, 0.6) is 0 Å². The predicted octanol–water partition coefficient (Wildman–Crippen LogP) is 14.0. The monoisotopic (exact) mass is 717 g/mol. The number of aliphatic hydroxyl groups excluding tert-OH is 1. The van der Waals surface area contributed by atoms with Gasteiger partial charge in [0.05, 0.1) is 0 Å². The number of esters is 2. The summed E-state index contributed by atoms with van der Waals surface area (Å²) in [5.74, 6) is -0.576. The largest absolute Gasteiger partial charge is 0.463 e. The predicted molar refractivity (Wildman–Crippen MR) is 219 cm³/mol. The van der Waals surface area contributed by atoms with Crippen molar-refractivity contribution in [1.82, 2.24) is 0 Å². The fraction of sp³-hybridized carbons (Fsp3) is 0.826. The number of rotatable bonds is 40. The van der Waals surface area contributed by atoms with Crippen LogP contribution in [0.3, 0.4) is 0 Å². The van der Waals surface area contributed by atoms with Crippen LogP contribution in [0.4, 0.5) is 0 Å². The van der Waals surface area contributed by atoms with Crippen molar-refractivity contribution in [3.8, 4) is 0 Å². The molecule has 5 nitrogen and oxygen atoms in total. The molecule has 0 unspecified atom stereocenters. The second kappa shape index (κ2) is 42.5. The van der Waals surface area contributed by atoms with Crippen LogP contribution in [-0.4, -0.2) is 36.4 Å². The highest BCUT2D eigenvalue weighted by Crippen LogP contribution is 2.14. The molecule has 0 saturated heterocycles. The van der Waals surface area contributed by atoms with Gasteiger partial charge in [0.1, 0.15) is 19.3 Å². The van der Waals surface area contributed by atoms with E-state index in [4.69, 9.17) is 9.47 Å². The standard InChI is InChI=1S/C46H84O5/c1-3-5-7-9-11-13-15-17-19-21-22-23-24-25-27-29-31-33-35-37-39-41-46(49)51-43-44(47)42-50-45(48)40-38-36-34-32-30-28-26-20-18-16-14-12-10-8-6-4-2/h14,16-17,19-20,26,44,47H,3-13,15,18,21-25,27-43H2,1-2H3/b16-14-,19-17-,26-20-/t44-/m0/s1. The first-order valence-electron chi connectivity index (χ1n) is 22.0. The highest BCUT2D eigenvalue weighted by molar-refractivity contribution is 5.69. The zero-order valence-corrected chi connectivity index (χ0v) is 33.9. The van der Waals surface area contributed by atoms with Crippen LogP contribution in [-0.2, 0) is 19.1 Å². The van der Waals surface area contributed by atoms with E-state index in [0.717, 1.165) is 51.4 Å². The number of allylic oxidation sites excluding steroid dienone is 6. The van der Waals surface area contributed by atoms with Gasteiger partial charge in [-0.15, -0.1) is 0 Å². The molecule has 0 aromatic carbocycles. The number of unbranched alkanes of at least 4 members (excludes halogenated alkanes) is 26. The summed E-state index contributed by atoms with van der Waals surface area (Å²) in [7, 11) is 0. The van der Waals surface area contributed by atoms with Crippen molar-refractivity contribution in [3.63, 3.8) is 0 Å². The quantitative estimate of drug-likeness (QED) is 0.0388. The van der Waals surface area contributed by atoms with Gasteiger partial charge in [0.15, 0.2) is 0 Å². The van der Waals surface area contributed by atoms with E-state index in [1.807, 2.05) is 0 Å². The lowest BCUT2D eigenvalue weighted by molar-refractivity contribution is -0.152. The molecule has 1 N–H and O–H groups in total. The molecule has 0 radical (unpaired) electrons. The van der Waals surface area contributed by atoms with Crippen LogP contribution < -0.4 is 0 Å². The second-order valence-corrected chi connectivity index (χ2v) is 14.8. The van der Waals surface area contributed by atoms with Crippen LogP contribution in [0.15, 0.2) is 36.5 Å². The van der Waals surface area contributed by atoms with E-state index in [2.05, 4.69) is 50.3 Å². The molecule has 0 aliphatic rings. The average Bonchev–Trinajstić information content (AvgIpc) is 3.13. The van der Waals surface area contributed by atoms with E-state index >= 15 is 0 Å². The van der Waals surface area contributed by atoms with E-state index in [1.165, 1.54) is 148 Å². The third-order valence-electron chi connectivity index (χ3n) is 9.60. The van der Waals surface area contributed by atoms with Crippen molar-refractivity contribution in [3.05, 3.63) is 36.5 Å². The molecular formula is C46H84O5. The molecular weight excluding hydrogens is 633 g/mol. The van der Waals surface area contributed by atoms with E-state index in [-0.39, 0.29) is 25.2 Å². The van der Waals surface area contributed by atoms with Gasteiger partial charge in [-0.1, -0.05) is 179 Å². The van der Waals surface area contributed by atoms with Gasteiger partial charge in [0.2, 0.25) is 0 Å². The lowest BCUT2D eigenvalue weighted by Gasteiger charge is -2.12. The van der Waals surface area contributed by atoms with Gasteiger partial charge in [-0.2, -0.15) is 0 Å². The van der Waals surface area contributed by atoms with Gasteiger partial charge in [-0.25, -0.2) is 0 Å². The summed E-state index contributed by atoms with van der Waals surface area (Å²) in [4.78, 5) is 24.0. The Balaban J connectivity index is 3.42. The summed E-state index contributed by atoms with van der Waals surface area (Å²) in [5.41, 5.74) is 0. The Morgan fingerprint density at radius 1 is 0.412 bits per heavy atom. The minimum atomic E-state index is -0.969. The molecule has 1 atom stereocenters. The highest BCUT2D eigenvalue weighted by atomic mass is 16.6. The van der Waals surface area contributed by atoms with Crippen molar-refractivity contribution in [1.29, 1.82) is 0 Å². The summed E-state index contributed by atoms with van der Waals surface area (Å²) < 4.78 is 10.4. The molecule has 0 heterocycles. The van der Waals surface area contributed by atoms with E-state index < -0.39 is 6.10 Å². The Morgan fingerprint density at radius 2 is 0.686 bits per heavy atom. The second-order valence-electron chi connectivity index (χ2n) is 14.8. The number of carbonyl (C=O) groups is 2. The Hall–Kier alpha value is -1.88. The van der Waals surface area contributed by atoms with E-state index in [0.29, 0.717) is 12.8 Å². The molecule has 0 fully saturated rings. The van der Waals surface area contributed by atoms with Gasteiger partial charge < -0.3 is 14.6 Å². The van der Waals surface area contributed by atoms with E-state index in [9.17, 15) is 14.7 Å². The molecule has 0 aromatic rings. The van der Waals surface area contributed by atoms with Gasteiger partial charge in [0.25, 0.3) is 0 Å². The smallest absolute Gasteiger partial charge is 0.305 e. The fourth-order valence-corrected chi connectivity index (χ4v) is 6.23. The molecule has 0 aliphatic carbocycles. The molecule has 0 rings (SSSR count). The number of hydrogen-bond donors (Lipinski definition) is 1. The molecule has 51 heavy (non-hydrogen) atoms. The maximum absolute atomic E-state index is 12.0. The Morgan fingerprint density at radius 3 is 1.04 bits per heavy atom. The van der Waals surface area contributed by atoms with Gasteiger partial charge >= 0.3 is 11.9 Å². The number of aliphatic hydroxyl groups is 1. The summed E-state index contributed by atoms with van der Waals surface area (Å²) in [6.07, 6.45) is 52.1. The van der Waals surface area contributed by atoms with Crippen molar-refractivity contribution in [2.24, 2.45) is 0 Å². The third-order valence-corrected chi connectivity index (χ3v) is 9.60. The molecule has 0 saturated carbocycles. The summed E-state index contributed by atoms with van der Waals surface area (Å²) >= 11 is 0. The minimum Gasteiger partial charge on any atom is -0.463 e. The first kappa shape index (κ1) is 49.1. The maximum Gasteiger partial charge on any atom is 0.305 e. The number of hydrogen-bond acceptors (Lipinski definition) is 5. The van der Waals surface area contributed by atoms with Crippen molar-refractivity contribution in [2.45, 2.75) is 232 Å². The van der Waals surface area contributed by atoms with E-state index in [1.54, 1.807) is 0 Å². The topological polar surface area (TPSA) is 72.8 Å². The first-order valence-corrected chi connectivity index (χ1v) is 22.0. The SMILES string of the molecule is CCCCCC/C=C\C/C=C\CCCCCCCC(=O)OC[C@H](O)COC(=O)CCCCCCCCCCCCC/C=C\CCCCCCCC. The zero-order valence-electron chi connectivity index (χ0n) is 33.9. The molecule has 0 aromatic heterocycles. The maximum atomic E-state index is 12.0. The van der Waals surface area contributed by atoms with Gasteiger partial charge in [0, 0.05) is 12.8 Å². The van der Waals surface area contributed by atoms with Crippen molar-refractivity contribution in [2.75, 3.05) is 13.2 Å². The third kappa shape index (κ3) is 42.4. The Bertz CT molecular complexity index is 816. The molecule has 0 bridgehead atoms. The van der Waals surface area contributed by atoms with Crippen LogP contribution in [0, 0.1) is 0 Å². The van der Waals surface area contributed by atoms with Crippen LogP contribution in [0.1, 0.15) is 226 Å². The zero-order chi connectivity index (χ0) is 37.1. The van der Waals surface area contributed by atoms with Gasteiger partial charge in [-0.3, -0.25) is 9.59 Å². The van der Waals surface area contributed by atoms with Crippen LogP contribution >= 0.6 is 0 Å².